The molecule has 4 atom stereocenters. The monoisotopic (exact) mass is 322 g/mol. The second-order valence-electron chi connectivity index (χ2n) is 7.93. The van der Waals surface area contributed by atoms with Gasteiger partial charge in [-0.05, 0) is 66.5 Å². The molecule has 0 saturated carbocycles. The molecule has 1 saturated heterocycles. The van der Waals surface area contributed by atoms with Gasteiger partial charge in [0.1, 0.15) is 0 Å². The quantitative estimate of drug-likeness (QED) is 0.807. The maximum Gasteiger partial charge on any atom is 0.233 e. The molecule has 2 heterocycles. The Morgan fingerprint density at radius 1 is 1.00 bits per heavy atom. The number of carbonyl (C=O) groups is 2. The molecule has 2 aliphatic heterocycles. The zero-order valence-corrected chi connectivity index (χ0v) is 15.6. The van der Waals surface area contributed by atoms with Gasteiger partial charge in [0, 0.05) is 12.1 Å². The molecular formula is C18H30N2O3. The fraction of sp³-hybridized carbons (Fsp3) is 0.778. The van der Waals surface area contributed by atoms with Gasteiger partial charge in [0.15, 0.2) is 0 Å². The van der Waals surface area contributed by atoms with E-state index in [1.807, 2.05) is 53.4 Å². The Balaban J connectivity index is 2.62. The highest BCUT2D eigenvalue weighted by Crippen LogP contribution is 2.61. The smallest absolute Gasteiger partial charge is 0.233 e. The van der Waals surface area contributed by atoms with Crippen LogP contribution in [0.15, 0.2) is 11.1 Å². The third-order valence-electron chi connectivity index (χ3n) is 6.11. The molecule has 2 rings (SSSR count). The van der Waals surface area contributed by atoms with E-state index in [0.717, 1.165) is 11.1 Å². The second-order valence-corrected chi connectivity index (χ2v) is 7.93. The highest BCUT2D eigenvalue weighted by Gasteiger charge is 2.72. The Morgan fingerprint density at radius 3 is 1.74 bits per heavy atom. The molecule has 5 heteroatoms. The number of carbonyl (C=O) groups excluding carboxylic acids is 2. The Hall–Kier alpha value is -1.36. The molecule has 4 unspecified atom stereocenters. The minimum Gasteiger partial charge on any atom is -0.369 e. The Kier molecular flexibility index (Phi) is 4.17. The summed E-state index contributed by atoms with van der Waals surface area (Å²) in [5.74, 6) is -0.525. The van der Waals surface area contributed by atoms with Gasteiger partial charge in [-0.1, -0.05) is 0 Å². The van der Waals surface area contributed by atoms with Gasteiger partial charge in [-0.25, -0.2) is 0 Å². The molecule has 2 N–H and O–H groups in total. The number of nitrogens with two attached hydrogens (primary N) is 1. The van der Waals surface area contributed by atoms with Crippen molar-refractivity contribution in [3.63, 3.8) is 0 Å². The first kappa shape index (κ1) is 18.0. The number of primary amides is 1. The summed E-state index contributed by atoms with van der Waals surface area (Å²) in [5, 5.41) is 0. The molecule has 0 aromatic carbocycles. The van der Waals surface area contributed by atoms with E-state index < -0.39 is 28.9 Å². The van der Waals surface area contributed by atoms with Gasteiger partial charge < -0.3 is 15.4 Å². The van der Waals surface area contributed by atoms with E-state index in [4.69, 9.17) is 10.5 Å². The Labute approximate surface area is 139 Å². The molecule has 2 aliphatic rings. The van der Waals surface area contributed by atoms with Crippen LogP contribution in [0.3, 0.4) is 0 Å². The van der Waals surface area contributed by atoms with Crippen LogP contribution < -0.4 is 5.73 Å². The predicted molar refractivity (Wildman–Crippen MR) is 89.6 cm³/mol. The van der Waals surface area contributed by atoms with E-state index in [9.17, 15) is 9.59 Å². The number of amides is 2. The first-order valence-corrected chi connectivity index (χ1v) is 8.37. The van der Waals surface area contributed by atoms with Crippen molar-refractivity contribution in [1.82, 2.24) is 4.90 Å². The van der Waals surface area contributed by atoms with E-state index in [0.29, 0.717) is 0 Å². The fourth-order valence-corrected chi connectivity index (χ4v) is 4.49. The summed E-state index contributed by atoms with van der Waals surface area (Å²) in [4.78, 5) is 27.8. The standard InChI is InChI=1S/C18H30N2O3/c1-9(2)20(10(3)4)16(22)18(8)14-12(6)11(5)13(23-14)17(18,7)15(19)21/h9-10,13-14H,1-8H3,(H2,19,21). The maximum atomic E-state index is 13.5. The lowest BCUT2D eigenvalue weighted by Gasteiger charge is -2.47. The van der Waals surface area contributed by atoms with Crippen LogP contribution in [-0.4, -0.2) is 41.0 Å². The zero-order chi connectivity index (χ0) is 17.9. The molecule has 0 aromatic heterocycles. The summed E-state index contributed by atoms with van der Waals surface area (Å²) in [6.07, 6.45) is -0.808. The lowest BCUT2D eigenvalue weighted by Crippen LogP contribution is -2.63. The van der Waals surface area contributed by atoms with Gasteiger partial charge in [-0.3, -0.25) is 9.59 Å². The Morgan fingerprint density at radius 2 is 1.39 bits per heavy atom. The van der Waals surface area contributed by atoms with Crippen LogP contribution in [0.4, 0.5) is 0 Å². The third-order valence-corrected chi connectivity index (χ3v) is 6.11. The van der Waals surface area contributed by atoms with Crippen LogP contribution in [0.5, 0.6) is 0 Å². The first-order valence-electron chi connectivity index (χ1n) is 8.37. The van der Waals surface area contributed by atoms with Crippen LogP contribution >= 0.6 is 0 Å². The van der Waals surface area contributed by atoms with Crippen molar-refractivity contribution >= 4 is 11.8 Å². The van der Waals surface area contributed by atoms with Gasteiger partial charge in [-0.2, -0.15) is 0 Å². The van der Waals surface area contributed by atoms with E-state index in [1.54, 1.807) is 6.92 Å². The molecule has 2 amide bonds. The molecule has 5 nitrogen and oxygen atoms in total. The molecular weight excluding hydrogens is 292 g/mol. The molecule has 2 bridgehead atoms. The maximum absolute atomic E-state index is 13.5. The van der Waals surface area contributed by atoms with Crippen molar-refractivity contribution in [3.05, 3.63) is 11.1 Å². The predicted octanol–water partition coefficient (Wildman–Crippen LogP) is 2.25. The third kappa shape index (κ3) is 2.02. The van der Waals surface area contributed by atoms with Gasteiger partial charge >= 0.3 is 0 Å². The second kappa shape index (κ2) is 5.33. The van der Waals surface area contributed by atoms with Gasteiger partial charge in [-0.15, -0.1) is 0 Å². The molecule has 0 aliphatic carbocycles. The molecule has 1 fully saturated rings. The van der Waals surface area contributed by atoms with Crippen molar-refractivity contribution in [2.75, 3.05) is 0 Å². The molecule has 0 radical (unpaired) electrons. The molecule has 23 heavy (non-hydrogen) atoms. The number of fused-ring (bicyclic) bond motifs is 2. The van der Waals surface area contributed by atoms with Crippen LogP contribution in [0.25, 0.3) is 0 Å². The number of rotatable bonds is 4. The molecule has 0 aromatic rings. The highest BCUT2D eigenvalue weighted by atomic mass is 16.5. The largest absolute Gasteiger partial charge is 0.369 e. The van der Waals surface area contributed by atoms with Crippen LogP contribution in [0.2, 0.25) is 0 Å². The normalized spacial score (nSPS) is 36.3. The SMILES string of the molecule is CC1=C(C)C2OC1C(C)(C(N)=O)C2(C)C(=O)N(C(C)C)C(C)C. The van der Waals surface area contributed by atoms with E-state index >= 15 is 0 Å². The summed E-state index contributed by atoms with van der Waals surface area (Å²) in [5.41, 5.74) is 5.84. The van der Waals surface area contributed by atoms with Crippen LogP contribution in [0.1, 0.15) is 55.4 Å². The number of hydrogen-bond donors (Lipinski definition) is 1. The van der Waals surface area contributed by atoms with Crippen molar-refractivity contribution in [3.8, 4) is 0 Å². The Bertz CT molecular complexity index is 573. The summed E-state index contributed by atoms with van der Waals surface area (Å²) in [6, 6.07) is 0.0851. The van der Waals surface area contributed by atoms with Crippen molar-refractivity contribution in [2.24, 2.45) is 16.6 Å². The van der Waals surface area contributed by atoms with Crippen molar-refractivity contribution in [1.29, 1.82) is 0 Å². The van der Waals surface area contributed by atoms with Crippen molar-refractivity contribution < 1.29 is 14.3 Å². The van der Waals surface area contributed by atoms with Crippen molar-refractivity contribution in [2.45, 2.75) is 79.7 Å². The van der Waals surface area contributed by atoms with Crippen LogP contribution in [-0.2, 0) is 14.3 Å². The summed E-state index contributed by atoms with van der Waals surface area (Å²) in [7, 11) is 0. The van der Waals surface area contributed by atoms with Gasteiger partial charge in [0.2, 0.25) is 11.8 Å². The number of hydrogen-bond acceptors (Lipinski definition) is 3. The van der Waals surface area contributed by atoms with Crippen LogP contribution in [0, 0.1) is 10.8 Å². The molecule has 0 spiro atoms. The fourth-order valence-electron chi connectivity index (χ4n) is 4.49. The summed E-state index contributed by atoms with van der Waals surface area (Å²) in [6.45, 7) is 15.5. The average molecular weight is 322 g/mol. The number of ether oxygens (including phenoxy) is 1. The topological polar surface area (TPSA) is 72.6 Å². The van der Waals surface area contributed by atoms with Gasteiger partial charge in [0.25, 0.3) is 0 Å². The first-order chi connectivity index (χ1) is 10.4. The lowest BCUT2D eigenvalue weighted by atomic mass is 9.55. The van der Waals surface area contributed by atoms with E-state index in [1.165, 1.54) is 0 Å². The zero-order valence-electron chi connectivity index (χ0n) is 15.6. The summed E-state index contributed by atoms with van der Waals surface area (Å²) < 4.78 is 6.10. The van der Waals surface area contributed by atoms with Gasteiger partial charge in [0.05, 0.1) is 23.0 Å². The lowest BCUT2D eigenvalue weighted by molar-refractivity contribution is -0.157. The average Bonchev–Trinajstić information content (AvgIpc) is 2.85. The minimum atomic E-state index is -1.04. The summed E-state index contributed by atoms with van der Waals surface area (Å²) >= 11 is 0. The molecule has 130 valence electrons. The van der Waals surface area contributed by atoms with E-state index in [2.05, 4.69) is 0 Å². The number of nitrogens with zero attached hydrogens (tertiary/aromatic N) is 1. The minimum absolute atomic E-state index is 0.0426. The van der Waals surface area contributed by atoms with E-state index in [-0.39, 0.29) is 18.0 Å². The highest BCUT2D eigenvalue weighted by molar-refractivity contribution is 5.96.